The molecule has 0 saturated carbocycles. The minimum atomic E-state index is -0.527. The van der Waals surface area contributed by atoms with Crippen LogP contribution < -0.4 is 10.5 Å². The number of ether oxygens (including phenoxy) is 2. The number of hydrogen-bond acceptors (Lipinski definition) is 8. The fourth-order valence-corrected chi connectivity index (χ4v) is 4.84. The van der Waals surface area contributed by atoms with Crippen molar-refractivity contribution >= 4 is 17.0 Å². The average molecular weight is 563 g/mol. The summed E-state index contributed by atoms with van der Waals surface area (Å²) in [6.45, 7) is 4.41. The van der Waals surface area contributed by atoms with Crippen molar-refractivity contribution in [1.29, 1.82) is 0 Å². The Morgan fingerprint density at radius 2 is 1.74 bits per heavy atom. The van der Waals surface area contributed by atoms with Crippen LogP contribution in [-0.4, -0.2) is 27.7 Å². The lowest BCUT2D eigenvalue weighted by atomic mass is 9.97. The molecule has 3 aromatic heterocycles. The number of benzene rings is 3. The standard InChI is InChI=1S/C33H30N4O5/c1-20(2)30(34)32-36-25(19-41-32)31-35-16-28(42-31)24-17-37(33(38)39-3)26-14-9-13-23(29(24)26)22-12-7-8-15-27(22)40-18-21-10-5-4-6-11-21/h4-17,19-20,30H,18,34H2,1-3H3/t30-/m0/s1. The molecule has 42 heavy (non-hydrogen) atoms. The highest BCUT2D eigenvalue weighted by Crippen LogP contribution is 2.42. The molecule has 0 aliphatic carbocycles. The molecule has 9 heteroatoms. The topological polar surface area (TPSA) is 119 Å². The molecule has 3 aromatic carbocycles. The van der Waals surface area contributed by atoms with Gasteiger partial charge in [-0.05, 0) is 29.2 Å². The highest BCUT2D eigenvalue weighted by molar-refractivity contribution is 6.08. The number of methoxy groups -OCH3 is 1. The average Bonchev–Trinajstić information content (AvgIpc) is 3.78. The molecular weight excluding hydrogens is 532 g/mol. The first-order valence-electron chi connectivity index (χ1n) is 13.6. The Hall–Kier alpha value is -5.15. The molecule has 212 valence electrons. The number of rotatable bonds is 8. The molecule has 6 rings (SSSR count). The van der Waals surface area contributed by atoms with Crippen molar-refractivity contribution in [3.63, 3.8) is 0 Å². The van der Waals surface area contributed by atoms with E-state index in [2.05, 4.69) is 9.97 Å². The number of hydrogen-bond donors (Lipinski definition) is 1. The SMILES string of the molecule is COC(=O)n1cc(-c2cnc(-c3coc([C@@H](N)C(C)C)n3)o2)c2c(-c3ccccc3OCc3ccccc3)cccc21. The number of oxazole rings is 2. The zero-order valence-corrected chi connectivity index (χ0v) is 23.5. The van der Waals surface area contributed by atoms with Crippen LogP contribution in [-0.2, 0) is 11.3 Å². The highest BCUT2D eigenvalue weighted by atomic mass is 16.5. The first-order valence-corrected chi connectivity index (χ1v) is 13.6. The van der Waals surface area contributed by atoms with Crippen molar-refractivity contribution in [2.45, 2.75) is 26.5 Å². The van der Waals surface area contributed by atoms with Gasteiger partial charge in [-0.25, -0.2) is 14.8 Å². The fraction of sp³-hybridized carbons (Fsp3) is 0.182. The number of aromatic nitrogens is 3. The molecule has 9 nitrogen and oxygen atoms in total. The van der Waals surface area contributed by atoms with Crippen molar-refractivity contribution in [2.24, 2.45) is 11.7 Å². The highest BCUT2D eigenvalue weighted by Gasteiger charge is 2.24. The second-order valence-electron chi connectivity index (χ2n) is 10.2. The van der Waals surface area contributed by atoms with E-state index in [-0.39, 0.29) is 17.9 Å². The quantitative estimate of drug-likeness (QED) is 0.203. The second kappa shape index (κ2) is 11.4. The summed E-state index contributed by atoms with van der Waals surface area (Å²) < 4.78 is 24.6. The predicted molar refractivity (Wildman–Crippen MR) is 159 cm³/mol. The van der Waals surface area contributed by atoms with E-state index in [1.807, 2.05) is 86.6 Å². The molecule has 0 unspecified atom stereocenters. The Morgan fingerprint density at radius 1 is 0.976 bits per heavy atom. The summed E-state index contributed by atoms with van der Waals surface area (Å²) in [6.07, 6.45) is 4.26. The van der Waals surface area contributed by atoms with Crippen molar-refractivity contribution in [1.82, 2.24) is 14.5 Å². The Kier molecular flexibility index (Phi) is 7.33. The Labute approximate surface area is 242 Å². The molecule has 2 N–H and O–H groups in total. The molecule has 0 spiro atoms. The van der Waals surface area contributed by atoms with Crippen molar-refractivity contribution in [3.8, 4) is 39.8 Å². The fourth-order valence-electron chi connectivity index (χ4n) is 4.84. The van der Waals surface area contributed by atoms with Gasteiger partial charge in [0, 0.05) is 22.7 Å². The lowest BCUT2D eigenvalue weighted by Crippen LogP contribution is -2.16. The summed E-state index contributed by atoms with van der Waals surface area (Å²) in [5.74, 6) is 2.00. The van der Waals surface area contributed by atoms with Gasteiger partial charge in [0.1, 0.15) is 18.6 Å². The number of nitrogens with two attached hydrogens (primary N) is 1. The zero-order chi connectivity index (χ0) is 29.2. The second-order valence-corrected chi connectivity index (χ2v) is 10.2. The Morgan fingerprint density at radius 3 is 2.52 bits per heavy atom. The van der Waals surface area contributed by atoms with Gasteiger partial charge in [0.2, 0.25) is 11.8 Å². The molecule has 0 aliphatic heterocycles. The minimum Gasteiger partial charge on any atom is -0.488 e. The summed E-state index contributed by atoms with van der Waals surface area (Å²) in [5, 5.41) is 0.782. The third-order valence-electron chi connectivity index (χ3n) is 7.13. The molecular formula is C33H30N4O5. The minimum absolute atomic E-state index is 0.152. The van der Waals surface area contributed by atoms with Crippen LogP contribution in [0.3, 0.4) is 0 Å². The summed E-state index contributed by atoms with van der Waals surface area (Å²) in [4.78, 5) is 21.8. The normalized spacial score (nSPS) is 12.1. The van der Waals surface area contributed by atoms with Gasteiger partial charge in [-0.15, -0.1) is 0 Å². The number of fused-ring (bicyclic) bond motifs is 1. The van der Waals surface area contributed by atoms with Gasteiger partial charge in [0.25, 0.3) is 0 Å². The third-order valence-corrected chi connectivity index (χ3v) is 7.13. The number of para-hydroxylation sites is 1. The van der Waals surface area contributed by atoms with Crippen LogP contribution >= 0.6 is 0 Å². The number of nitrogens with zero attached hydrogens (tertiary/aromatic N) is 3. The van der Waals surface area contributed by atoms with Crippen LogP contribution in [0.1, 0.15) is 31.3 Å². The molecule has 0 amide bonds. The summed E-state index contributed by atoms with van der Waals surface area (Å²) >= 11 is 0. The van der Waals surface area contributed by atoms with Crippen molar-refractivity contribution < 1.29 is 23.1 Å². The molecule has 1 atom stereocenters. The maximum atomic E-state index is 12.8. The van der Waals surface area contributed by atoms with E-state index in [9.17, 15) is 4.79 Å². The first-order chi connectivity index (χ1) is 20.4. The Balaban J connectivity index is 1.45. The van der Waals surface area contributed by atoms with Gasteiger partial charge in [-0.2, -0.15) is 0 Å². The predicted octanol–water partition coefficient (Wildman–Crippen LogP) is 7.47. The molecule has 6 aromatic rings. The van der Waals surface area contributed by atoms with E-state index in [1.54, 1.807) is 12.4 Å². The number of carbonyl (C=O) groups excluding carboxylic acids is 1. The van der Waals surface area contributed by atoms with E-state index in [0.717, 1.165) is 22.1 Å². The van der Waals surface area contributed by atoms with Gasteiger partial charge >= 0.3 is 6.09 Å². The van der Waals surface area contributed by atoms with E-state index in [1.165, 1.54) is 17.9 Å². The van der Waals surface area contributed by atoms with Crippen LogP contribution in [0.15, 0.2) is 100 Å². The van der Waals surface area contributed by atoms with Gasteiger partial charge < -0.3 is 24.0 Å². The van der Waals surface area contributed by atoms with Gasteiger partial charge in [-0.3, -0.25) is 4.57 Å². The number of carbonyl (C=O) groups is 1. The van der Waals surface area contributed by atoms with E-state index >= 15 is 0 Å². The van der Waals surface area contributed by atoms with E-state index in [4.69, 9.17) is 24.0 Å². The molecule has 0 radical (unpaired) electrons. The largest absolute Gasteiger partial charge is 0.488 e. The first kappa shape index (κ1) is 27.0. The smallest absolute Gasteiger partial charge is 0.418 e. The Bertz CT molecular complexity index is 1850. The van der Waals surface area contributed by atoms with Crippen molar-refractivity contribution in [2.75, 3.05) is 7.11 Å². The van der Waals surface area contributed by atoms with Crippen LogP contribution in [0, 0.1) is 5.92 Å². The maximum Gasteiger partial charge on any atom is 0.418 e. The third kappa shape index (κ3) is 5.06. The van der Waals surface area contributed by atoms with Crippen LogP contribution in [0.2, 0.25) is 0 Å². The van der Waals surface area contributed by atoms with Gasteiger partial charge in [0.05, 0.1) is 24.9 Å². The van der Waals surface area contributed by atoms with Crippen LogP contribution in [0.25, 0.3) is 44.9 Å². The van der Waals surface area contributed by atoms with Crippen molar-refractivity contribution in [3.05, 3.63) is 103 Å². The summed E-state index contributed by atoms with van der Waals surface area (Å²) in [7, 11) is 1.35. The van der Waals surface area contributed by atoms with Gasteiger partial charge in [-0.1, -0.05) is 74.5 Å². The molecule has 3 heterocycles. The lowest BCUT2D eigenvalue weighted by Gasteiger charge is -2.13. The molecule has 0 saturated heterocycles. The van der Waals surface area contributed by atoms with Gasteiger partial charge in [0.15, 0.2) is 11.5 Å². The maximum absolute atomic E-state index is 12.8. The molecule has 0 fully saturated rings. The summed E-state index contributed by atoms with van der Waals surface area (Å²) in [6, 6.07) is 23.2. The molecule has 0 bridgehead atoms. The van der Waals surface area contributed by atoms with Crippen LogP contribution in [0.5, 0.6) is 5.75 Å². The molecule has 0 aliphatic rings. The van der Waals surface area contributed by atoms with Crippen LogP contribution in [0.4, 0.5) is 4.79 Å². The van der Waals surface area contributed by atoms with E-state index in [0.29, 0.717) is 40.8 Å². The van der Waals surface area contributed by atoms with E-state index < -0.39 is 6.09 Å². The monoisotopic (exact) mass is 562 g/mol. The summed E-state index contributed by atoms with van der Waals surface area (Å²) in [5.41, 5.74) is 10.7. The zero-order valence-electron chi connectivity index (χ0n) is 23.5. The lowest BCUT2D eigenvalue weighted by molar-refractivity contribution is 0.174.